The van der Waals surface area contributed by atoms with Crippen molar-refractivity contribution in [1.82, 2.24) is 15.1 Å². The zero-order valence-corrected chi connectivity index (χ0v) is 16.8. The summed E-state index contributed by atoms with van der Waals surface area (Å²) in [7, 11) is 0. The standard InChI is InChI=1S/C20H31N3O2.ClH/c1-16-3-4-19(15-17(16)2)25-18-5-10-22(11-6-18)12-7-20(24)23-13-8-21-9-14-23;/h3-4,15,18,21H,5-14H2,1-2H3;1H. The Balaban J connectivity index is 0.00000243. The van der Waals surface area contributed by atoms with Crippen LogP contribution in [0.25, 0.3) is 0 Å². The van der Waals surface area contributed by atoms with E-state index in [1.165, 1.54) is 11.1 Å². The zero-order valence-electron chi connectivity index (χ0n) is 16.0. The van der Waals surface area contributed by atoms with Crippen LogP contribution in [-0.2, 0) is 4.79 Å². The van der Waals surface area contributed by atoms with E-state index in [0.717, 1.165) is 64.4 Å². The summed E-state index contributed by atoms with van der Waals surface area (Å²) >= 11 is 0. The molecule has 0 unspecified atom stereocenters. The van der Waals surface area contributed by atoms with Crippen LogP contribution in [0.15, 0.2) is 18.2 Å². The molecule has 0 bridgehead atoms. The van der Waals surface area contributed by atoms with Crippen LogP contribution in [0, 0.1) is 13.8 Å². The van der Waals surface area contributed by atoms with Gasteiger partial charge in [0, 0.05) is 52.2 Å². The Morgan fingerprint density at radius 3 is 2.46 bits per heavy atom. The summed E-state index contributed by atoms with van der Waals surface area (Å²) in [6.07, 6.45) is 3.01. The van der Waals surface area contributed by atoms with Gasteiger partial charge >= 0.3 is 0 Å². The number of nitrogens with zero attached hydrogens (tertiary/aromatic N) is 2. The van der Waals surface area contributed by atoms with E-state index >= 15 is 0 Å². The van der Waals surface area contributed by atoms with Crippen LogP contribution < -0.4 is 10.1 Å². The molecule has 0 aromatic heterocycles. The molecule has 2 fully saturated rings. The summed E-state index contributed by atoms with van der Waals surface area (Å²) in [5.74, 6) is 1.28. The van der Waals surface area contributed by atoms with E-state index in [9.17, 15) is 4.79 Å². The Morgan fingerprint density at radius 1 is 1.12 bits per heavy atom. The quantitative estimate of drug-likeness (QED) is 0.850. The Labute approximate surface area is 163 Å². The summed E-state index contributed by atoms with van der Waals surface area (Å²) in [4.78, 5) is 16.6. The molecule has 2 saturated heterocycles. The third-order valence-corrected chi connectivity index (χ3v) is 5.43. The Bertz CT molecular complexity index is 582. The molecule has 0 spiro atoms. The van der Waals surface area contributed by atoms with Gasteiger partial charge in [0.15, 0.2) is 0 Å². The lowest BCUT2D eigenvalue weighted by atomic mass is 10.1. The maximum Gasteiger partial charge on any atom is 0.223 e. The number of aryl methyl sites for hydroxylation is 2. The number of benzene rings is 1. The molecule has 1 N–H and O–H groups in total. The minimum Gasteiger partial charge on any atom is -0.490 e. The lowest BCUT2D eigenvalue weighted by Gasteiger charge is -2.33. The molecule has 2 aliphatic rings. The number of carbonyl (C=O) groups is 1. The average molecular weight is 382 g/mol. The molecule has 1 amide bonds. The number of piperidine rings is 1. The van der Waals surface area contributed by atoms with Crippen molar-refractivity contribution in [1.29, 1.82) is 0 Å². The third-order valence-electron chi connectivity index (χ3n) is 5.43. The van der Waals surface area contributed by atoms with Crippen LogP contribution in [0.2, 0.25) is 0 Å². The van der Waals surface area contributed by atoms with Gasteiger partial charge in [-0.25, -0.2) is 0 Å². The number of rotatable bonds is 5. The summed E-state index contributed by atoms with van der Waals surface area (Å²) in [6.45, 7) is 10.7. The first-order valence-corrected chi connectivity index (χ1v) is 9.56. The minimum atomic E-state index is 0. The zero-order chi connectivity index (χ0) is 17.6. The molecular weight excluding hydrogens is 350 g/mol. The van der Waals surface area contributed by atoms with Gasteiger partial charge in [-0.2, -0.15) is 0 Å². The van der Waals surface area contributed by atoms with E-state index in [-0.39, 0.29) is 12.4 Å². The number of ether oxygens (including phenoxy) is 1. The number of hydrogen-bond acceptors (Lipinski definition) is 4. The van der Waals surface area contributed by atoms with Gasteiger partial charge in [0.2, 0.25) is 5.91 Å². The molecule has 1 aromatic rings. The van der Waals surface area contributed by atoms with Crippen LogP contribution in [0.5, 0.6) is 5.75 Å². The third kappa shape index (κ3) is 5.86. The highest BCUT2D eigenvalue weighted by atomic mass is 35.5. The van der Waals surface area contributed by atoms with E-state index < -0.39 is 0 Å². The molecule has 0 aliphatic carbocycles. The molecule has 2 aliphatic heterocycles. The number of amides is 1. The second kappa shape index (κ2) is 10.1. The molecule has 146 valence electrons. The van der Waals surface area contributed by atoms with Gasteiger partial charge < -0.3 is 19.9 Å². The SMILES string of the molecule is Cc1ccc(OC2CCN(CCC(=O)N3CCNCC3)CC2)cc1C.Cl. The van der Waals surface area contributed by atoms with E-state index in [1.54, 1.807) is 0 Å². The largest absolute Gasteiger partial charge is 0.490 e. The molecule has 0 radical (unpaired) electrons. The Hall–Kier alpha value is -1.30. The lowest BCUT2D eigenvalue weighted by Crippen LogP contribution is -2.47. The van der Waals surface area contributed by atoms with Gasteiger partial charge in [-0.15, -0.1) is 12.4 Å². The van der Waals surface area contributed by atoms with Gasteiger partial charge in [0.05, 0.1) is 0 Å². The molecule has 5 nitrogen and oxygen atoms in total. The summed E-state index contributed by atoms with van der Waals surface area (Å²) < 4.78 is 6.15. The number of likely N-dealkylation sites (tertiary alicyclic amines) is 1. The Kier molecular flexibility index (Phi) is 8.19. The van der Waals surface area contributed by atoms with E-state index in [1.807, 2.05) is 4.90 Å². The van der Waals surface area contributed by atoms with Crippen LogP contribution >= 0.6 is 12.4 Å². The molecule has 0 saturated carbocycles. The van der Waals surface area contributed by atoms with Crippen molar-refractivity contribution in [2.24, 2.45) is 0 Å². The molecule has 0 atom stereocenters. The molecular formula is C20H32ClN3O2. The summed E-state index contributed by atoms with van der Waals surface area (Å²) in [5.41, 5.74) is 2.58. The maximum absolute atomic E-state index is 12.3. The van der Waals surface area contributed by atoms with Crippen molar-refractivity contribution in [2.45, 2.75) is 39.2 Å². The highest BCUT2D eigenvalue weighted by Crippen LogP contribution is 2.21. The second-order valence-electron chi connectivity index (χ2n) is 7.29. The van der Waals surface area contributed by atoms with E-state index in [2.05, 4.69) is 42.3 Å². The van der Waals surface area contributed by atoms with Gasteiger partial charge in [0.25, 0.3) is 0 Å². The smallest absolute Gasteiger partial charge is 0.223 e. The van der Waals surface area contributed by atoms with Crippen molar-refractivity contribution >= 4 is 18.3 Å². The number of halogens is 1. The van der Waals surface area contributed by atoms with Gasteiger partial charge in [-0.3, -0.25) is 4.79 Å². The molecule has 3 rings (SSSR count). The van der Waals surface area contributed by atoms with Crippen LogP contribution in [0.4, 0.5) is 0 Å². The summed E-state index contributed by atoms with van der Waals surface area (Å²) in [5, 5.41) is 3.29. The summed E-state index contributed by atoms with van der Waals surface area (Å²) in [6, 6.07) is 6.33. The fraction of sp³-hybridized carbons (Fsp3) is 0.650. The first-order chi connectivity index (χ1) is 12.1. The molecule has 6 heteroatoms. The fourth-order valence-corrected chi connectivity index (χ4v) is 3.56. The second-order valence-corrected chi connectivity index (χ2v) is 7.29. The van der Waals surface area contributed by atoms with Crippen molar-refractivity contribution < 1.29 is 9.53 Å². The predicted molar refractivity (Wildman–Crippen MR) is 107 cm³/mol. The van der Waals surface area contributed by atoms with Gasteiger partial charge in [0.1, 0.15) is 11.9 Å². The van der Waals surface area contributed by atoms with Crippen LogP contribution in [-0.4, -0.2) is 67.6 Å². The van der Waals surface area contributed by atoms with E-state index in [4.69, 9.17) is 4.74 Å². The van der Waals surface area contributed by atoms with Crippen molar-refractivity contribution in [2.75, 3.05) is 45.8 Å². The average Bonchev–Trinajstić information content (AvgIpc) is 2.64. The van der Waals surface area contributed by atoms with Crippen LogP contribution in [0.1, 0.15) is 30.4 Å². The molecule has 26 heavy (non-hydrogen) atoms. The number of hydrogen-bond donors (Lipinski definition) is 1. The van der Waals surface area contributed by atoms with Crippen LogP contribution in [0.3, 0.4) is 0 Å². The number of piperazine rings is 1. The van der Waals surface area contributed by atoms with Crippen molar-refractivity contribution in [3.05, 3.63) is 29.3 Å². The van der Waals surface area contributed by atoms with Gasteiger partial charge in [-0.05, 0) is 49.9 Å². The van der Waals surface area contributed by atoms with Crippen molar-refractivity contribution in [3.8, 4) is 5.75 Å². The molecule has 1 aromatic carbocycles. The Morgan fingerprint density at radius 2 is 1.81 bits per heavy atom. The monoisotopic (exact) mass is 381 g/mol. The number of nitrogens with one attached hydrogen (secondary N) is 1. The predicted octanol–water partition coefficient (Wildman–Crippen LogP) is 2.39. The topological polar surface area (TPSA) is 44.8 Å². The highest BCUT2D eigenvalue weighted by Gasteiger charge is 2.22. The lowest BCUT2D eigenvalue weighted by molar-refractivity contribution is -0.132. The fourth-order valence-electron chi connectivity index (χ4n) is 3.56. The highest BCUT2D eigenvalue weighted by molar-refractivity contribution is 5.85. The first kappa shape index (κ1) is 21.0. The van der Waals surface area contributed by atoms with E-state index in [0.29, 0.717) is 18.4 Å². The molecule has 2 heterocycles. The van der Waals surface area contributed by atoms with Crippen molar-refractivity contribution in [3.63, 3.8) is 0 Å². The normalized spacial score (nSPS) is 19.1. The number of carbonyl (C=O) groups excluding carboxylic acids is 1. The first-order valence-electron chi connectivity index (χ1n) is 9.56. The maximum atomic E-state index is 12.3. The minimum absolute atomic E-state index is 0. The van der Waals surface area contributed by atoms with Gasteiger partial charge in [-0.1, -0.05) is 6.07 Å².